The molecule has 2 N–H and O–H groups in total. The molecule has 6 heteroatoms. The van der Waals surface area contributed by atoms with Gasteiger partial charge in [-0.3, -0.25) is 9.97 Å². The smallest absolute Gasteiger partial charge is 0.0577 e. The molecule has 8 aromatic carbocycles. The van der Waals surface area contributed by atoms with Gasteiger partial charge in [-0.15, -0.1) is 0 Å². The number of nitrogens with zero attached hydrogens (tertiary/aromatic N) is 5. The van der Waals surface area contributed by atoms with E-state index in [1.807, 2.05) is 24.8 Å². The lowest BCUT2D eigenvalue weighted by Gasteiger charge is -2.36. The van der Waals surface area contributed by atoms with E-state index >= 15 is 0 Å². The molecule has 6 nitrogen and oxygen atoms in total. The number of hydrogen-bond acceptors (Lipinski definition) is 4. The molecule has 0 saturated heterocycles. The van der Waals surface area contributed by atoms with Crippen molar-refractivity contribution in [1.82, 2.24) is 19.1 Å². The molecule has 14 rings (SSSR count). The Hall–Kier alpha value is -9.26. The van der Waals surface area contributed by atoms with Crippen LogP contribution in [0.25, 0.3) is 98.8 Å². The second-order valence-electron chi connectivity index (χ2n) is 19.2. The molecule has 0 aliphatic heterocycles. The minimum absolute atomic E-state index is 0.278. The van der Waals surface area contributed by atoms with Gasteiger partial charge in [0.05, 0.1) is 33.8 Å². The largest absolute Gasteiger partial charge is 0.398 e. The van der Waals surface area contributed by atoms with E-state index in [4.69, 9.17) is 5.73 Å². The quantitative estimate of drug-likeness (QED) is 0.0982. The highest BCUT2D eigenvalue weighted by atomic mass is 15.2. The van der Waals surface area contributed by atoms with E-state index in [2.05, 4.69) is 255 Å². The lowest BCUT2D eigenvalue weighted by Crippen LogP contribution is -2.34. The molecule has 2 aliphatic carbocycles. The van der Waals surface area contributed by atoms with E-state index in [-0.39, 0.29) is 6.04 Å². The zero-order chi connectivity index (χ0) is 48.8. The van der Waals surface area contributed by atoms with Gasteiger partial charge in [0.25, 0.3) is 0 Å². The maximum absolute atomic E-state index is 6.63. The van der Waals surface area contributed by atoms with E-state index in [1.54, 1.807) is 0 Å². The third kappa shape index (κ3) is 7.76. The van der Waals surface area contributed by atoms with E-state index in [1.165, 1.54) is 76.9 Å². The maximum Gasteiger partial charge on any atom is 0.0577 e. The Morgan fingerprint density at radius 1 is 0.452 bits per heavy atom. The summed E-state index contributed by atoms with van der Waals surface area (Å²) in [5.74, 6) is 0.585. The van der Waals surface area contributed by atoms with Gasteiger partial charge in [-0.2, -0.15) is 0 Å². The summed E-state index contributed by atoms with van der Waals surface area (Å²) in [6.45, 7) is 2.27. The lowest BCUT2D eigenvalue weighted by atomic mass is 9.94. The van der Waals surface area contributed by atoms with Crippen molar-refractivity contribution in [3.63, 3.8) is 0 Å². The Bertz CT molecular complexity index is 3990. The van der Waals surface area contributed by atoms with Crippen molar-refractivity contribution in [2.24, 2.45) is 5.92 Å². The van der Waals surface area contributed by atoms with Gasteiger partial charge >= 0.3 is 0 Å². The first-order valence-corrected chi connectivity index (χ1v) is 25.3. The number of hydrogen-bond donors (Lipinski definition) is 1. The SMILES string of the molecule is CC1C=CC(N(c2c3ccccc3c(N)c3ccccc23)C2C=CC=CC2)=CC1.c1cc(-n2c3ccccc3c3ccccc32)cc(-n2c3ccc(-c4ccncc4)cc3c3cc(-c4ccncc4)ccc32)c1. The fourth-order valence-electron chi connectivity index (χ4n) is 11.3. The Kier molecular flexibility index (Phi) is 11.1. The molecule has 0 spiro atoms. The van der Waals surface area contributed by atoms with Gasteiger partial charge in [0.15, 0.2) is 0 Å². The fourth-order valence-corrected chi connectivity index (χ4v) is 11.3. The molecule has 12 aromatic rings. The average Bonchev–Trinajstić information content (AvgIpc) is 3.98. The first-order chi connectivity index (χ1) is 36.1. The molecule has 0 radical (unpaired) electrons. The van der Waals surface area contributed by atoms with Gasteiger partial charge < -0.3 is 19.8 Å². The van der Waals surface area contributed by atoms with Gasteiger partial charge in [-0.05, 0) is 126 Å². The summed E-state index contributed by atoms with van der Waals surface area (Å²) in [7, 11) is 0. The molecule has 4 heterocycles. The molecule has 4 aromatic heterocycles. The van der Waals surface area contributed by atoms with E-state index in [0.717, 1.165) is 51.8 Å². The third-order valence-electron chi connectivity index (χ3n) is 14.8. The van der Waals surface area contributed by atoms with Crippen LogP contribution < -0.4 is 10.6 Å². The first kappa shape index (κ1) is 43.7. The predicted octanol–water partition coefficient (Wildman–Crippen LogP) is 16.8. The number of aromatic nitrogens is 4. The number of para-hydroxylation sites is 2. The Morgan fingerprint density at radius 3 is 1.44 bits per heavy atom. The van der Waals surface area contributed by atoms with Gasteiger partial charge in [-0.25, -0.2) is 0 Å². The molecule has 2 unspecified atom stereocenters. The lowest BCUT2D eigenvalue weighted by molar-refractivity contribution is 0.706. The van der Waals surface area contributed by atoms with Crippen LogP contribution in [-0.2, 0) is 0 Å². The molecule has 73 heavy (non-hydrogen) atoms. The predicted molar refractivity (Wildman–Crippen MR) is 308 cm³/mol. The van der Waals surface area contributed by atoms with E-state index < -0.39 is 0 Å². The number of rotatable bonds is 7. The molecule has 0 saturated carbocycles. The van der Waals surface area contributed by atoms with Gasteiger partial charge in [0.2, 0.25) is 0 Å². The van der Waals surface area contributed by atoms with E-state index in [0.29, 0.717) is 5.92 Å². The van der Waals surface area contributed by atoms with Gasteiger partial charge in [-0.1, -0.05) is 147 Å². The van der Waals surface area contributed by atoms with E-state index in [9.17, 15) is 0 Å². The molecule has 2 aliphatic rings. The van der Waals surface area contributed by atoms with Crippen molar-refractivity contribution in [2.45, 2.75) is 25.8 Å². The number of anilines is 2. The average molecular weight is 941 g/mol. The fraction of sp³-hybridized carbons (Fsp3) is 0.0746. The van der Waals surface area contributed by atoms with Crippen LogP contribution >= 0.6 is 0 Å². The second-order valence-corrected chi connectivity index (χ2v) is 19.2. The molecule has 0 amide bonds. The normalized spacial score (nSPS) is 15.3. The van der Waals surface area contributed by atoms with Gasteiger partial charge in [0.1, 0.15) is 0 Å². The van der Waals surface area contributed by atoms with Crippen molar-refractivity contribution >= 4 is 76.5 Å². The Labute approximate surface area is 424 Å². The summed E-state index contributed by atoms with van der Waals surface area (Å²) in [5, 5.41) is 9.61. The molecule has 2 atom stereocenters. The Balaban J connectivity index is 0.000000154. The molecule has 0 bridgehead atoms. The summed E-state index contributed by atoms with van der Waals surface area (Å²) in [6, 6.07) is 65.4. The van der Waals surface area contributed by atoms with Crippen LogP contribution in [0.2, 0.25) is 0 Å². The number of nitrogens with two attached hydrogens (primary N) is 1. The standard InChI is InChI=1S/C40H26N4.C27H26N2/c1-3-10-37-33(8-1)34-9-2-4-11-38(34)43(37)31-6-5-7-32(26-31)44-39-14-12-29(27-16-20-41-21-17-27)24-35(39)36-25-30(13-15-40(36)44)28-18-22-42-23-19-28;1-19-15-17-21(18-16-19)29(20-9-3-2-4-10-20)27-24-13-7-5-11-22(24)26(28)23-12-6-8-14-25(23)27/h1-26H;2-9,11-15,17-20H,10,16,28H2,1H3. The molecule has 0 fully saturated rings. The summed E-state index contributed by atoms with van der Waals surface area (Å²) < 4.78 is 4.78. The topological polar surface area (TPSA) is 64.9 Å². The number of pyridine rings is 2. The minimum atomic E-state index is 0.278. The summed E-state index contributed by atoms with van der Waals surface area (Å²) in [4.78, 5) is 11.0. The molecular weight excluding hydrogens is 889 g/mol. The number of nitrogen functional groups attached to an aromatic ring is 1. The third-order valence-corrected chi connectivity index (χ3v) is 14.8. The van der Waals surface area contributed by atoms with Crippen molar-refractivity contribution in [2.75, 3.05) is 10.6 Å². The van der Waals surface area contributed by atoms with Crippen LogP contribution in [-0.4, -0.2) is 25.1 Å². The van der Waals surface area contributed by atoms with Gasteiger partial charge in [0, 0.05) is 90.6 Å². The molecular formula is C67H52N6. The number of allylic oxidation sites excluding steroid dienone is 5. The summed E-state index contributed by atoms with van der Waals surface area (Å²) in [5.41, 5.74) is 21.7. The van der Waals surface area contributed by atoms with Crippen molar-refractivity contribution in [1.29, 1.82) is 0 Å². The van der Waals surface area contributed by atoms with Crippen LogP contribution in [0.3, 0.4) is 0 Å². The highest BCUT2D eigenvalue weighted by Gasteiger charge is 2.26. The van der Waals surface area contributed by atoms with Crippen LogP contribution in [0.4, 0.5) is 11.4 Å². The summed E-state index contributed by atoms with van der Waals surface area (Å²) >= 11 is 0. The zero-order valence-corrected chi connectivity index (χ0v) is 40.6. The molecule has 350 valence electrons. The number of benzene rings is 8. The minimum Gasteiger partial charge on any atom is -0.398 e. The maximum atomic E-state index is 6.63. The van der Waals surface area contributed by atoms with Crippen molar-refractivity contribution < 1.29 is 0 Å². The zero-order valence-electron chi connectivity index (χ0n) is 40.6. The van der Waals surface area contributed by atoms with Crippen LogP contribution in [0.5, 0.6) is 0 Å². The highest BCUT2D eigenvalue weighted by molar-refractivity contribution is 6.20. The summed E-state index contributed by atoms with van der Waals surface area (Å²) in [6.07, 6.45) is 25.3. The van der Waals surface area contributed by atoms with Crippen LogP contribution in [0.15, 0.2) is 255 Å². The highest BCUT2D eigenvalue weighted by Crippen LogP contribution is 2.44. The Morgan fingerprint density at radius 2 is 0.945 bits per heavy atom. The van der Waals surface area contributed by atoms with Crippen LogP contribution in [0, 0.1) is 5.92 Å². The monoisotopic (exact) mass is 940 g/mol. The van der Waals surface area contributed by atoms with Crippen molar-refractivity contribution in [3.05, 3.63) is 255 Å². The first-order valence-electron chi connectivity index (χ1n) is 25.3. The van der Waals surface area contributed by atoms with Crippen molar-refractivity contribution in [3.8, 4) is 33.6 Å². The second kappa shape index (κ2) is 18.5. The van der Waals surface area contributed by atoms with Crippen LogP contribution in [0.1, 0.15) is 19.8 Å². The number of fused-ring (bicyclic) bond motifs is 8.